The summed E-state index contributed by atoms with van der Waals surface area (Å²) in [6.45, 7) is 1.20. The Hall–Kier alpha value is -3.43. The van der Waals surface area contributed by atoms with E-state index < -0.39 is 28.1 Å². The van der Waals surface area contributed by atoms with Crippen LogP contribution in [0.5, 0.6) is 5.75 Å². The van der Waals surface area contributed by atoms with Crippen molar-refractivity contribution < 1.29 is 23.1 Å². The van der Waals surface area contributed by atoms with E-state index in [2.05, 4.69) is 5.92 Å². The molecule has 1 saturated carbocycles. The summed E-state index contributed by atoms with van der Waals surface area (Å²) >= 11 is 18.7. The number of fused-ring (bicyclic) bond motifs is 1. The number of aromatic amines is 1. The van der Waals surface area contributed by atoms with Crippen molar-refractivity contribution >= 4 is 64.2 Å². The van der Waals surface area contributed by atoms with Crippen LogP contribution in [-0.2, 0) is 18.5 Å². The zero-order valence-corrected chi connectivity index (χ0v) is 26.8. The van der Waals surface area contributed by atoms with E-state index >= 15 is 0 Å². The highest BCUT2D eigenvalue weighted by Crippen LogP contribution is 2.44. The third kappa shape index (κ3) is 5.85. The molecule has 234 valence electrons. The molecule has 2 aromatic carbocycles. The molecule has 1 saturated heterocycles. The SMILES string of the molecule is C#Cc1c2c(cc(N3CCCN(C4CC4)C3=O)c1OC)CN(C(=O)c1c(Sc3c(Cl)cccc3Cl)cc(C(F)(F)Cl)[nH]c1=O)C2. The Morgan fingerprint density at radius 3 is 2.49 bits per heavy atom. The lowest BCUT2D eigenvalue weighted by atomic mass is 10.00. The van der Waals surface area contributed by atoms with Gasteiger partial charge in [-0.25, -0.2) is 4.79 Å². The number of H-pyrrole nitrogens is 1. The highest BCUT2D eigenvalue weighted by molar-refractivity contribution is 7.99. The van der Waals surface area contributed by atoms with Gasteiger partial charge in [-0.15, -0.1) is 6.42 Å². The van der Waals surface area contributed by atoms with Crippen LogP contribution in [0.25, 0.3) is 0 Å². The quantitative estimate of drug-likeness (QED) is 0.212. The molecule has 14 heteroatoms. The number of halogens is 5. The number of hydrogen-bond acceptors (Lipinski definition) is 5. The van der Waals surface area contributed by atoms with Crippen molar-refractivity contribution in [2.75, 3.05) is 25.1 Å². The first-order chi connectivity index (χ1) is 21.4. The summed E-state index contributed by atoms with van der Waals surface area (Å²) in [5.74, 6) is 2.27. The number of carbonyl (C=O) groups excluding carboxylic acids is 2. The number of pyridine rings is 1. The third-order valence-electron chi connectivity index (χ3n) is 7.99. The van der Waals surface area contributed by atoms with Crippen molar-refractivity contribution in [1.82, 2.24) is 14.8 Å². The molecule has 3 amide bonds. The molecule has 0 atom stereocenters. The Morgan fingerprint density at radius 1 is 1.16 bits per heavy atom. The second kappa shape index (κ2) is 12.1. The molecule has 1 aromatic heterocycles. The van der Waals surface area contributed by atoms with Crippen LogP contribution in [0.3, 0.4) is 0 Å². The molecule has 45 heavy (non-hydrogen) atoms. The molecule has 0 unspecified atom stereocenters. The lowest BCUT2D eigenvalue weighted by Gasteiger charge is -2.36. The van der Waals surface area contributed by atoms with Gasteiger partial charge in [0, 0.05) is 42.0 Å². The van der Waals surface area contributed by atoms with Crippen molar-refractivity contribution in [2.45, 2.75) is 53.6 Å². The van der Waals surface area contributed by atoms with Crippen LogP contribution in [0.1, 0.15) is 52.0 Å². The van der Waals surface area contributed by atoms with Gasteiger partial charge in [0.2, 0.25) is 0 Å². The van der Waals surface area contributed by atoms with E-state index in [1.807, 2.05) is 9.88 Å². The standard InChI is InChI=1S/C31H25Cl3F2N4O4S/c1-3-18-19-15-38(14-16(19)12-22(26(18)44-2)40-11-5-10-39(30(40)43)17-8-9-17)29(42)25-23(13-24(31(34,35)36)37-28(25)41)45-27-20(32)6-4-7-21(27)33/h1,4,6-7,12-13,17H,5,8-11,14-15H2,2H3,(H,37,41). The number of benzene rings is 2. The Bertz CT molecular complexity index is 1820. The summed E-state index contributed by atoms with van der Waals surface area (Å²) in [4.78, 5) is 47.9. The summed E-state index contributed by atoms with van der Waals surface area (Å²) in [6.07, 6.45) is 8.67. The minimum atomic E-state index is -3.92. The summed E-state index contributed by atoms with van der Waals surface area (Å²) in [5.41, 5.74) is -0.157. The first kappa shape index (κ1) is 31.5. The second-order valence-electron chi connectivity index (χ2n) is 10.9. The number of hydrogen-bond donors (Lipinski definition) is 1. The van der Waals surface area contributed by atoms with Gasteiger partial charge in [0.15, 0.2) is 5.75 Å². The van der Waals surface area contributed by atoms with Crippen LogP contribution in [0, 0.1) is 12.3 Å². The monoisotopic (exact) mass is 692 g/mol. The van der Waals surface area contributed by atoms with E-state index in [4.69, 9.17) is 46.0 Å². The molecular weight excluding hydrogens is 669 g/mol. The highest BCUT2D eigenvalue weighted by atomic mass is 35.5. The number of rotatable bonds is 7. The van der Waals surface area contributed by atoms with Crippen LogP contribution >= 0.6 is 46.6 Å². The van der Waals surface area contributed by atoms with Gasteiger partial charge in [-0.2, -0.15) is 8.78 Å². The predicted octanol–water partition coefficient (Wildman–Crippen LogP) is 7.06. The molecule has 6 rings (SSSR count). The molecule has 0 radical (unpaired) electrons. The van der Waals surface area contributed by atoms with Crippen molar-refractivity contribution in [3.8, 4) is 18.1 Å². The van der Waals surface area contributed by atoms with Crippen LogP contribution in [0.4, 0.5) is 19.3 Å². The fraction of sp³-hybridized carbons (Fsp3) is 0.323. The minimum absolute atomic E-state index is 0.0102. The van der Waals surface area contributed by atoms with Crippen molar-refractivity contribution in [1.29, 1.82) is 0 Å². The number of ether oxygens (including phenoxy) is 1. The van der Waals surface area contributed by atoms with Gasteiger partial charge in [-0.05, 0) is 66.3 Å². The second-order valence-corrected chi connectivity index (χ2v) is 13.2. The van der Waals surface area contributed by atoms with E-state index in [0.29, 0.717) is 41.2 Å². The molecule has 1 aliphatic carbocycles. The number of nitrogens with zero attached hydrogens (tertiary/aromatic N) is 3. The Kier molecular flexibility index (Phi) is 8.46. The van der Waals surface area contributed by atoms with Crippen molar-refractivity contribution in [3.05, 3.63) is 78.7 Å². The maximum atomic E-state index is 14.1. The Morgan fingerprint density at radius 2 is 1.87 bits per heavy atom. The number of alkyl halides is 3. The zero-order chi connectivity index (χ0) is 32.2. The van der Waals surface area contributed by atoms with Gasteiger partial charge in [0.25, 0.3) is 11.5 Å². The van der Waals surface area contributed by atoms with Gasteiger partial charge in [0.05, 0.1) is 28.4 Å². The largest absolute Gasteiger partial charge is 0.493 e. The van der Waals surface area contributed by atoms with Gasteiger partial charge >= 0.3 is 11.4 Å². The van der Waals surface area contributed by atoms with E-state index in [9.17, 15) is 23.2 Å². The Balaban J connectivity index is 1.39. The fourth-order valence-electron chi connectivity index (χ4n) is 5.73. The average Bonchev–Trinajstić information content (AvgIpc) is 3.75. The fourth-order valence-corrected chi connectivity index (χ4v) is 7.48. The van der Waals surface area contributed by atoms with E-state index in [1.54, 1.807) is 29.2 Å². The summed E-state index contributed by atoms with van der Waals surface area (Å²) in [6, 6.07) is 7.53. The van der Waals surface area contributed by atoms with Crippen LogP contribution in [0.15, 0.2) is 44.9 Å². The number of anilines is 1. The number of terminal acetylenes is 1. The molecule has 1 N–H and O–H groups in total. The smallest absolute Gasteiger partial charge is 0.362 e. The lowest BCUT2D eigenvalue weighted by molar-refractivity contribution is 0.0740. The Labute approximate surface area is 276 Å². The van der Waals surface area contributed by atoms with Crippen molar-refractivity contribution in [3.63, 3.8) is 0 Å². The summed E-state index contributed by atoms with van der Waals surface area (Å²) in [7, 11) is 1.47. The minimum Gasteiger partial charge on any atom is -0.493 e. The number of aromatic nitrogens is 1. The molecule has 8 nitrogen and oxygen atoms in total. The molecule has 3 heterocycles. The number of urea groups is 1. The van der Waals surface area contributed by atoms with Crippen molar-refractivity contribution in [2.24, 2.45) is 0 Å². The maximum Gasteiger partial charge on any atom is 0.362 e. The molecule has 2 fully saturated rings. The van der Waals surface area contributed by atoms with Crippen LogP contribution in [-0.4, -0.2) is 53.0 Å². The maximum absolute atomic E-state index is 14.1. The first-order valence-electron chi connectivity index (χ1n) is 14.0. The highest BCUT2D eigenvalue weighted by Gasteiger charge is 2.40. The molecule has 3 aromatic rings. The molecule has 0 spiro atoms. The lowest BCUT2D eigenvalue weighted by Crippen LogP contribution is -2.50. The molecular formula is C31H25Cl3F2N4O4S. The van der Waals surface area contributed by atoms with Crippen LogP contribution in [0.2, 0.25) is 10.0 Å². The van der Waals surface area contributed by atoms with E-state index in [-0.39, 0.29) is 45.0 Å². The third-order valence-corrected chi connectivity index (χ3v) is 10.2. The average molecular weight is 694 g/mol. The normalized spacial score (nSPS) is 16.6. The van der Waals surface area contributed by atoms with E-state index in [0.717, 1.165) is 37.1 Å². The number of nitrogens with one attached hydrogen (secondary N) is 1. The number of methoxy groups -OCH3 is 1. The number of carbonyl (C=O) groups is 2. The van der Waals surface area contributed by atoms with Crippen LogP contribution < -0.4 is 15.2 Å². The van der Waals surface area contributed by atoms with Gasteiger partial charge in [-0.1, -0.05) is 47.0 Å². The summed E-state index contributed by atoms with van der Waals surface area (Å²) in [5, 5.41) is -3.52. The topological polar surface area (TPSA) is 85.9 Å². The zero-order valence-electron chi connectivity index (χ0n) is 23.8. The number of amides is 3. The molecule has 2 aliphatic heterocycles. The predicted molar refractivity (Wildman–Crippen MR) is 169 cm³/mol. The molecule has 0 bridgehead atoms. The van der Waals surface area contributed by atoms with E-state index in [1.165, 1.54) is 12.0 Å². The van der Waals surface area contributed by atoms with Gasteiger partial charge < -0.3 is 19.5 Å². The van der Waals surface area contributed by atoms with Gasteiger partial charge in [0.1, 0.15) is 11.3 Å². The van der Waals surface area contributed by atoms with Gasteiger partial charge in [-0.3, -0.25) is 14.5 Å². The summed E-state index contributed by atoms with van der Waals surface area (Å²) < 4.78 is 34.0. The molecule has 3 aliphatic rings. The first-order valence-corrected chi connectivity index (χ1v) is 15.9.